The molecule has 1 aromatic carbocycles. The SMILES string of the molecule is O=C(c1ccc2cccnc2c1)C1COCCO1. The van der Waals surface area contributed by atoms with Crippen LogP contribution in [-0.4, -0.2) is 36.7 Å². The highest BCUT2D eigenvalue weighted by molar-refractivity contribution is 6.02. The maximum atomic E-state index is 12.2. The van der Waals surface area contributed by atoms with Crippen molar-refractivity contribution in [3.8, 4) is 0 Å². The summed E-state index contributed by atoms with van der Waals surface area (Å²) in [5.74, 6) is -0.0396. The minimum atomic E-state index is -0.486. The van der Waals surface area contributed by atoms with E-state index in [2.05, 4.69) is 4.98 Å². The van der Waals surface area contributed by atoms with E-state index in [-0.39, 0.29) is 5.78 Å². The number of rotatable bonds is 2. The van der Waals surface area contributed by atoms with Crippen molar-refractivity contribution in [3.63, 3.8) is 0 Å². The minimum Gasteiger partial charge on any atom is -0.376 e. The summed E-state index contributed by atoms with van der Waals surface area (Å²) in [6.45, 7) is 1.37. The zero-order valence-electron chi connectivity index (χ0n) is 9.83. The number of hydrogen-bond donors (Lipinski definition) is 0. The molecule has 0 radical (unpaired) electrons. The first-order chi connectivity index (χ1) is 8.84. The number of pyridine rings is 1. The Balaban J connectivity index is 1.91. The van der Waals surface area contributed by atoms with Gasteiger partial charge in [-0.2, -0.15) is 0 Å². The number of nitrogens with zero attached hydrogens (tertiary/aromatic N) is 1. The van der Waals surface area contributed by atoms with Crippen LogP contribution in [0, 0.1) is 0 Å². The van der Waals surface area contributed by atoms with Crippen LogP contribution in [-0.2, 0) is 9.47 Å². The molecule has 0 N–H and O–H groups in total. The van der Waals surface area contributed by atoms with Gasteiger partial charge in [0.25, 0.3) is 0 Å². The maximum Gasteiger partial charge on any atom is 0.194 e. The van der Waals surface area contributed by atoms with Crippen LogP contribution in [0.5, 0.6) is 0 Å². The largest absolute Gasteiger partial charge is 0.376 e. The number of hydrogen-bond acceptors (Lipinski definition) is 4. The molecule has 1 aliphatic heterocycles. The van der Waals surface area contributed by atoms with Crippen molar-refractivity contribution in [2.75, 3.05) is 19.8 Å². The van der Waals surface area contributed by atoms with E-state index in [1.165, 1.54) is 0 Å². The second-order valence-electron chi connectivity index (χ2n) is 4.21. The zero-order valence-corrected chi connectivity index (χ0v) is 9.83. The molecule has 2 heterocycles. The highest BCUT2D eigenvalue weighted by Crippen LogP contribution is 2.16. The first-order valence-corrected chi connectivity index (χ1v) is 5.93. The quantitative estimate of drug-likeness (QED) is 0.755. The molecule has 4 nitrogen and oxygen atoms in total. The lowest BCUT2D eigenvalue weighted by Gasteiger charge is -2.21. The lowest BCUT2D eigenvalue weighted by molar-refractivity contribution is -0.0719. The molecule has 0 aliphatic carbocycles. The van der Waals surface area contributed by atoms with Crippen LogP contribution in [0.3, 0.4) is 0 Å². The van der Waals surface area contributed by atoms with Crippen molar-refractivity contribution < 1.29 is 14.3 Å². The van der Waals surface area contributed by atoms with Crippen molar-refractivity contribution >= 4 is 16.7 Å². The molecule has 1 atom stereocenters. The molecular formula is C14H13NO3. The van der Waals surface area contributed by atoms with E-state index in [0.29, 0.717) is 25.4 Å². The van der Waals surface area contributed by atoms with Gasteiger partial charge in [-0.1, -0.05) is 18.2 Å². The fourth-order valence-electron chi connectivity index (χ4n) is 2.04. The van der Waals surface area contributed by atoms with Gasteiger partial charge in [-0.05, 0) is 12.1 Å². The van der Waals surface area contributed by atoms with Gasteiger partial charge in [-0.25, -0.2) is 0 Å². The number of ether oxygens (including phenoxy) is 2. The Morgan fingerprint density at radius 1 is 1.28 bits per heavy atom. The summed E-state index contributed by atoms with van der Waals surface area (Å²) >= 11 is 0. The van der Waals surface area contributed by atoms with Gasteiger partial charge in [0.1, 0.15) is 6.10 Å². The summed E-state index contributed by atoms with van der Waals surface area (Å²) < 4.78 is 10.7. The van der Waals surface area contributed by atoms with Gasteiger partial charge < -0.3 is 9.47 Å². The van der Waals surface area contributed by atoms with Crippen molar-refractivity contribution in [3.05, 3.63) is 42.1 Å². The number of aromatic nitrogens is 1. The minimum absolute atomic E-state index is 0.0396. The number of ketones is 1. The van der Waals surface area contributed by atoms with E-state index in [1.807, 2.05) is 24.3 Å². The third-order valence-corrected chi connectivity index (χ3v) is 3.00. The number of carbonyl (C=O) groups excluding carboxylic acids is 1. The number of benzene rings is 1. The monoisotopic (exact) mass is 243 g/mol. The van der Waals surface area contributed by atoms with Crippen molar-refractivity contribution in [1.29, 1.82) is 0 Å². The Labute approximate surface area is 105 Å². The second kappa shape index (κ2) is 4.84. The third-order valence-electron chi connectivity index (χ3n) is 3.00. The smallest absolute Gasteiger partial charge is 0.194 e. The Morgan fingerprint density at radius 2 is 2.22 bits per heavy atom. The van der Waals surface area contributed by atoms with Gasteiger partial charge >= 0.3 is 0 Å². The summed E-state index contributed by atoms with van der Waals surface area (Å²) in [6, 6.07) is 9.36. The topological polar surface area (TPSA) is 48.4 Å². The molecule has 3 rings (SSSR count). The Morgan fingerprint density at radius 3 is 3.06 bits per heavy atom. The number of carbonyl (C=O) groups is 1. The summed E-state index contributed by atoms with van der Waals surface area (Å²) in [7, 11) is 0. The highest BCUT2D eigenvalue weighted by Gasteiger charge is 2.23. The van der Waals surface area contributed by atoms with Crippen LogP contribution in [0.2, 0.25) is 0 Å². The van der Waals surface area contributed by atoms with Gasteiger partial charge in [0.2, 0.25) is 0 Å². The van der Waals surface area contributed by atoms with Gasteiger partial charge in [0.05, 0.1) is 25.3 Å². The Hall–Kier alpha value is -1.78. The normalized spacial score (nSPS) is 19.9. The summed E-state index contributed by atoms with van der Waals surface area (Å²) in [5, 5.41) is 1.02. The van der Waals surface area contributed by atoms with Crippen LogP contribution in [0.15, 0.2) is 36.5 Å². The molecule has 1 unspecified atom stereocenters. The number of fused-ring (bicyclic) bond motifs is 1. The van der Waals surface area contributed by atoms with Gasteiger partial charge in [0, 0.05) is 17.1 Å². The fourth-order valence-corrected chi connectivity index (χ4v) is 2.04. The lowest BCUT2D eigenvalue weighted by atomic mass is 10.0. The average molecular weight is 243 g/mol. The molecule has 0 spiro atoms. The average Bonchev–Trinajstić information content (AvgIpc) is 2.47. The summed E-state index contributed by atoms with van der Waals surface area (Å²) in [6.07, 6.45) is 1.23. The standard InChI is InChI=1S/C14H13NO3/c16-14(13-9-17-6-7-18-13)11-4-3-10-2-1-5-15-12(10)8-11/h1-5,8,13H,6-7,9H2. The molecule has 92 valence electrons. The first kappa shape index (κ1) is 11.3. The van der Waals surface area contributed by atoms with E-state index < -0.39 is 6.10 Å². The molecule has 1 aromatic heterocycles. The molecule has 1 saturated heterocycles. The van der Waals surface area contributed by atoms with Crippen molar-refractivity contribution in [2.24, 2.45) is 0 Å². The van der Waals surface area contributed by atoms with E-state index in [4.69, 9.17) is 9.47 Å². The zero-order chi connectivity index (χ0) is 12.4. The fraction of sp³-hybridized carbons (Fsp3) is 0.286. The van der Waals surface area contributed by atoms with Crippen molar-refractivity contribution in [1.82, 2.24) is 4.98 Å². The van der Waals surface area contributed by atoms with Crippen molar-refractivity contribution in [2.45, 2.75) is 6.10 Å². The first-order valence-electron chi connectivity index (χ1n) is 5.93. The predicted octanol–water partition coefficient (Wildman–Crippen LogP) is 1.83. The molecule has 1 aliphatic rings. The summed E-state index contributed by atoms with van der Waals surface area (Å²) in [4.78, 5) is 16.5. The second-order valence-corrected chi connectivity index (χ2v) is 4.21. The van der Waals surface area contributed by atoms with Crippen LogP contribution in [0.1, 0.15) is 10.4 Å². The van der Waals surface area contributed by atoms with Crippen LogP contribution < -0.4 is 0 Å². The lowest BCUT2D eigenvalue weighted by Crippen LogP contribution is -2.35. The Bertz CT molecular complexity index is 576. The van der Waals surface area contributed by atoms with E-state index in [0.717, 1.165) is 10.9 Å². The molecule has 4 heteroatoms. The third kappa shape index (κ3) is 2.12. The predicted molar refractivity (Wildman–Crippen MR) is 66.6 cm³/mol. The van der Waals surface area contributed by atoms with E-state index >= 15 is 0 Å². The molecule has 2 aromatic rings. The van der Waals surface area contributed by atoms with Crippen LogP contribution in [0.4, 0.5) is 0 Å². The molecule has 1 fully saturated rings. The van der Waals surface area contributed by atoms with E-state index in [1.54, 1.807) is 12.3 Å². The molecule has 18 heavy (non-hydrogen) atoms. The summed E-state index contributed by atoms with van der Waals surface area (Å²) in [5.41, 5.74) is 1.44. The molecule has 0 bridgehead atoms. The van der Waals surface area contributed by atoms with Crippen LogP contribution >= 0.6 is 0 Å². The number of Topliss-reactive ketones (excluding diaryl/α,β-unsaturated/α-hetero) is 1. The molecule has 0 amide bonds. The molecule has 0 saturated carbocycles. The van der Waals surface area contributed by atoms with Gasteiger partial charge in [0.15, 0.2) is 5.78 Å². The van der Waals surface area contributed by atoms with Crippen LogP contribution in [0.25, 0.3) is 10.9 Å². The van der Waals surface area contributed by atoms with Gasteiger partial charge in [-0.3, -0.25) is 9.78 Å². The van der Waals surface area contributed by atoms with Gasteiger partial charge in [-0.15, -0.1) is 0 Å². The molecular weight excluding hydrogens is 230 g/mol. The van der Waals surface area contributed by atoms with E-state index in [9.17, 15) is 4.79 Å². The maximum absolute atomic E-state index is 12.2. The highest BCUT2D eigenvalue weighted by atomic mass is 16.6. The Kier molecular flexibility index (Phi) is 3.04.